The van der Waals surface area contributed by atoms with Crippen LogP contribution < -0.4 is 5.32 Å². The summed E-state index contributed by atoms with van der Waals surface area (Å²) in [5.74, 6) is 0.860. The maximum Gasteiger partial charge on any atom is 0.251 e. The quantitative estimate of drug-likeness (QED) is 0.605. The van der Waals surface area contributed by atoms with Gasteiger partial charge in [-0.2, -0.15) is 0 Å². The molecular formula is C24H26N4O3. The first-order valence-electron chi connectivity index (χ1n) is 10.5. The van der Waals surface area contributed by atoms with Gasteiger partial charge in [0.1, 0.15) is 0 Å². The van der Waals surface area contributed by atoms with Crippen molar-refractivity contribution in [3.05, 3.63) is 71.1 Å². The number of nitrogens with zero attached hydrogens (tertiary/aromatic N) is 3. The second-order valence-electron chi connectivity index (χ2n) is 8.06. The molecule has 0 atom stereocenters. The normalized spacial score (nSPS) is 13.1. The third-order valence-electron chi connectivity index (χ3n) is 5.29. The highest BCUT2D eigenvalue weighted by Gasteiger charge is 2.23. The number of carbonyl (C=O) groups is 2. The van der Waals surface area contributed by atoms with Gasteiger partial charge in [-0.15, -0.1) is 10.2 Å². The Hall–Kier alpha value is -3.48. The molecule has 3 aromatic rings. The fourth-order valence-corrected chi connectivity index (χ4v) is 3.19. The van der Waals surface area contributed by atoms with Crippen molar-refractivity contribution in [2.75, 3.05) is 7.05 Å². The molecular weight excluding hydrogens is 392 g/mol. The molecule has 1 N–H and O–H groups in total. The fourth-order valence-electron chi connectivity index (χ4n) is 3.19. The summed E-state index contributed by atoms with van der Waals surface area (Å²) in [5, 5.41) is 11.1. The Morgan fingerprint density at radius 2 is 1.77 bits per heavy atom. The highest BCUT2D eigenvalue weighted by Crippen LogP contribution is 2.20. The Morgan fingerprint density at radius 3 is 2.45 bits per heavy atom. The van der Waals surface area contributed by atoms with Crippen LogP contribution in [0, 0.1) is 6.92 Å². The van der Waals surface area contributed by atoms with Gasteiger partial charge in [0.25, 0.3) is 5.91 Å². The number of aromatic nitrogens is 2. The van der Waals surface area contributed by atoms with Crippen LogP contribution in [0.3, 0.4) is 0 Å². The zero-order chi connectivity index (χ0) is 21.8. The van der Waals surface area contributed by atoms with E-state index in [-0.39, 0.29) is 18.2 Å². The first kappa shape index (κ1) is 20.8. The Labute approximate surface area is 181 Å². The summed E-state index contributed by atoms with van der Waals surface area (Å²) in [5.41, 5.74) is 3.64. The smallest absolute Gasteiger partial charge is 0.251 e. The van der Waals surface area contributed by atoms with Crippen molar-refractivity contribution in [1.29, 1.82) is 0 Å². The molecule has 7 nitrogen and oxygen atoms in total. The molecule has 0 saturated heterocycles. The summed E-state index contributed by atoms with van der Waals surface area (Å²) in [6.07, 6.45) is 2.80. The molecule has 0 bridgehead atoms. The Bertz CT molecular complexity index is 1050. The molecule has 31 heavy (non-hydrogen) atoms. The lowest BCUT2D eigenvalue weighted by atomic mass is 10.1. The molecule has 0 spiro atoms. The van der Waals surface area contributed by atoms with E-state index in [9.17, 15) is 9.59 Å². The van der Waals surface area contributed by atoms with E-state index in [0.717, 1.165) is 29.5 Å². The molecule has 1 aromatic heterocycles. The van der Waals surface area contributed by atoms with Crippen molar-refractivity contribution in [2.24, 2.45) is 0 Å². The number of amides is 2. The van der Waals surface area contributed by atoms with E-state index < -0.39 is 0 Å². The monoisotopic (exact) mass is 418 g/mol. The van der Waals surface area contributed by atoms with Crippen LogP contribution in [0.15, 0.2) is 52.9 Å². The third-order valence-corrected chi connectivity index (χ3v) is 5.29. The Kier molecular flexibility index (Phi) is 6.11. The molecule has 160 valence electrons. The molecule has 2 amide bonds. The molecule has 1 aliphatic rings. The lowest BCUT2D eigenvalue weighted by molar-refractivity contribution is -0.130. The van der Waals surface area contributed by atoms with Crippen molar-refractivity contribution >= 4 is 11.8 Å². The molecule has 0 aliphatic heterocycles. The SMILES string of the molecule is Cc1ccc(-c2nnc(CCC(=O)N(C)Cc3ccc(C(=O)NC4CC4)cc3)o2)cc1. The van der Waals surface area contributed by atoms with Crippen LogP contribution in [0.5, 0.6) is 0 Å². The third kappa shape index (κ3) is 5.57. The van der Waals surface area contributed by atoms with E-state index >= 15 is 0 Å². The molecule has 1 aliphatic carbocycles. The Morgan fingerprint density at radius 1 is 1.06 bits per heavy atom. The largest absolute Gasteiger partial charge is 0.421 e. The van der Waals surface area contributed by atoms with E-state index in [0.29, 0.717) is 36.4 Å². The number of benzene rings is 2. The van der Waals surface area contributed by atoms with E-state index in [2.05, 4.69) is 15.5 Å². The van der Waals surface area contributed by atoms with Gasteiger partial charge in [-0.1, -0.05) is 29.8 Å². The molecule has 4 rings (SSSR count). The van der Waals surface area contributed by atoms with E-state index in [4.69, 9.17) is 4.42 Å². The van der Waals surface area contributed by atoms with Crippen molar-refractivity contribution < 1.29 is 14.0 Å². The first-order valence-corrected chi connectivity index (χ1v) is 10.5. The van der Waals surface area contributed by atoms with Gasteiger partial charge in [0.15, 0.2) is 0 Å². The van der Waals surface area contributed by atoms with Gasteiger partial charge in [0.05, 0.1) is 0 Å². The van der Waals surface area contributed by atoms with Crippen LogP contribution in [-0.2, 0) is 17.8 Å². The fraction of sp³-hybridized carbons (Fsp3) is 0.333. The molecule has 0 unspecified atom stereocenters. The van der Waals surface area contributed by atoms with Gasteiger partial charge in [-0.05, 0) is 49.6 Å². The van der Waals surface area contributed by atoms with Gasteiger partial charge in [-0.25, -0.2) is 0 Å². The van der Waals surface area contributed by atoms with E-state index in [1.165, 1.54) is 0 Å². The summed E-state index contributed by atoms with van der Waals surface area (Å²) in [7, 11) is 1.77. The van der Waals surface area contributed by atoms with Gasteiger partial charge >= 0.3 is 0 Å². The summed E-state index contributed by atoms with van der Waals surface area (Å²) >= 11 is 0. The van der Waals surface area contributed by atoms with Crippen LogP contribution in [0.4, 0.5) is 0 Å². The number of hydrogen-bond acceptors (Lipinski definition) is 5. The maximum atomic E-state index is 12.5. The zero-order valence-electron chi connectivity index (χ0n) is 17.8. The minimum Gasteiger partial charge on any atom is -0.421 e. The topological polar surface area (TPSA) is 88.3 Å². The van der Waals surface area contributed by atoms with Crippen LogP contribution in [0.2, 0.25) is 0 Å². The summed E-state index contributed by atoms with van der Waals surface area (Å²) in [4.78, 5) is 26.2. The zero-order valence-corrected chi connectivity index (χ0v) is 17.8. The van der Waals surface area contributed by atoms with Crippen LogP contribution in [0.25, 0.3) is 11.5 Å². The molecule has 0 radical (unpaired) electrons. The van der Waals surface area contributed by atoms with Gasteiger partial charge < -0.3 is 14.6 Å². The van der Waals surface area contributed by atoms with Gasteiger partial charge in [0, 0.05) is 43.6 Å². The number of nitrogens with one attached hydrogen (secondary N) is 1. The minimum atomic E-state index is -0.0388. The highest BCUT2D eigenvalue weighted by atomic mass is 16.4. The number of hydrogen-bond donors (Lipinski definition) is 1. The van der Waals surface area contributed by atoms with Crippen molar-refractivity contribution in [2.45, 2.75) is 45.2 Å². The van der Waals surface area contributed by atoms with Crippen molar-refractivity contribution in [3.8, 4) is 11.5 Å². The highest BCUT2D eigenvalue weighted by molar-refractivity contribution is 5.94. The molecule has 1 heterocycles. The average molecular weight is 418 g/mol. The predicted octanol–water partition coefficient (Wildman–Crippen LogP) is 3.53. The second kappa shape index (κ2) is 9.12. The molecule has 1 fully saturated rings. The Balaban J connectivity index is 1.27. The van der Waals surface area contributed by atoms with Gasteiger partial charge in [0.2, 0.25) is 17.7 Å². The minimum absolute atomic E-state index is 0.00867. The number of rotatable bonds is 8. The van der Waals surface area contributed by atoms with Crippen LogP contribution in [0.1, 0.15) is 46.6 Å². The first-order chi connectivity index (χ1) is 15.0. The van der Waals surface area contributed by atoms with Crippen LogP contribution >= 0.6 is 0 Å². The molecule has 2 aromatic carbocycles. The maximum absolute atomic E-state index is 12.5. The van der Waals surface area contributed by atoms with Crippen molar-refractivity contribution in [3.63, 3.8) is 0 Å². The standard InChI is InChI=1S/C24H26N4O3/c1-16-3-7-19(8-4-16)24-27-26-21(31-24)13-14-22(29)28(2)15-17-5-9-18(10-6-17)23(30)25-20-11-12-20/h3-10,20H,11-15H2,1-2H3,(H,25,30). The summed E-state index contributed by atoms with van der Waals surface area (Å²) < 4.78 is 5.69. The lowest BCUT2D eigenvalue weighted by Crippen LogP contribution is -2.27. The lowest BCUT2D eigenvalue weighted by Gasteiger charge is -2.17. The average Bonchev–Trinajstić information content (AvgIpc) is 3.46. The van der Waals surface area contributed by atoms with E-state index in [1.807, 2.05) is 43.3 Å². The van der Waals surface area contributed by atoms with Gasteiger partial charge in [-0.3, -0.25) is 9.59 Å². The number of carbonyl (C=O) groups excluding carboxylic acids is 2. The molecule has 7 heteroatoms. The molecule has 1 saturated carbocycles. The predicted molar refractivity (Wildman–Crippen MR) is 116 cm³/mol. The summed E-state index contributed by atoms with van der Waals surface area (Å²) in [6.45, 7) is 2.49. The summed E-state index contributed by atoms with van der Waals surface area (Å²) in [6, 6.07) is 15.6. The van der Waals surface area contributed by atoms with Crippen molar-refractivity contribution in [1.82, 2.24) is 20.4 Å². The van der Waals surface area contributed by atoms with E-state index in [1.54, 1.807) is 24.1 Å². The second-order valence-corrected chi connectivity index (χ2v) is 8.06. The number of aryl methyl sites for hydroxylation is 2. The van der Waals surface area contributed by atoms with Crippen LogP contribution in [-0.4, -0.2) is 40.0 Å².